The fraction of sp³-hybridized carbons (Fsp3) is 0.545. The Balaban J connectivity index is 2.06. The standard InChI is InChI=1S/C11H14N4S/c12-4-7-16-11-8-10(13-9-14-11)15-5-2-1-3-6-15/h8-9H,1-3,5-7H2. The molecular weight excluding hydrogens is 220 g/mol. The van der Waals surface area contributed by atoms with Crippen LogP contribution in [0.25, 0.3) is 0 Å². The molecule has 4 nitrogen and oxygen atoms in total. The van der Waals surface area contributed by atoms with E-state index in [4.69, 9.17) is 5.26 Å². The SMILES string of the molecule is N#CCSc1cc(N2CCCCC2)ncn1. The molecule has 5 heteroatoms. The Bertz CT molecular complexity index is 382. The van der Waals surface area contributed by atoms with Gasteiger partial charge in [-0.3, -0.25) is 0 Å². The van der Waals surface area contributed by atoms with Crippen LogP contribution in [0.5, 0.6) is 0 Å². The van der Waals surface area contributed by atoms with E-state index in [2.05, 4.69) is 20.9 Å². The number of thioether (sulfide) groups is 1. The summed E-state index contributed by atoms with van der Waals surface area (Å²) < 4.78 is 0. The van der Waals surface area contributed by atoms with Crippen molar-refractivity contribution < 1.29 is 0 Å². The van der Waals surface area contributed by atoms with Gasteiger partial charge in [0.05, 0.1) is 11.8 Å². The van der Waals surface area contributed by atoms with E-state index >= 15 is 0 Å². The average Bonchev–Trinajstić information content (AvgIpc) is 2.38. The van der Waals surface area contributed by atoms with Crippen LogP contribution in [0.3, 0.4) is 0 Å². The lowest BCUT2D eigenvalue weighted by Crippen LogP contribution is -2.30. The minimum atomic E-state index is 0.441. The zero-order valence-corrected chi connectivity index (χ0v) is 9.91. The van der Waals surface area contributed by atoms with Crippen LogP contribution in [0.2, 0.25) is 0 Å². The number of anilines is 1. The summed E-state index contributed by atoms with van der Waals surface area (Å²) in [7, 11) is 0. The van der Waals surface area contributed by atoms with E-state index in [-0.39, 0.29) is 0 Å². The van der Waals surface area contributed by atoms with Crippen LogP contribution >= 0.6 is 11.8 Å². The average molecular weight is 234 g/mol. The molecule has 0 aromatic carbocycles. The maximum atomic E-state index is 8.52. The molecule has 0 N–H and O–H groups in total. The Labute approximate surface area is 99.7 Å². The molecule has 1 fully saturated rings. The Morgan fingerprint density at radius 1 is 1.31 bits per heavy atom. The van der Waals surface area contributed by atoms with Crippen LogP contribution in [0, 0.1) is 11.3 Å². The minimum Gasteiger partial charge on any atom is -0.356 e. The number of nitriles is 1. The zero-order chi connectivity index (χ0) is 11.2. The quantitative estimate of drug-likeness (QED) is 0.592. The van der Waals surface area contributed by atoms with Gasteiger partial charge in [-0.25, -0.2) is 9.97 Å². The molecule has 0 saturated carbocycles. The molecule has 16 heavy (non-hydrogen) atoms. The smallest absolute Gasteiger partial charge is 0.133 e. The second kappa shape index (κ2) is 5.71. The molecule has 1 saturated heterocycles. The van der Waals surface area contributed by atoms with Gasteiger partial charge in [0.25, 0.3) is 0 Å². The maximum Gasteiger partial charge on any atom is 0.133 e. The summed E-state index contributed by atoms with van der Waals surface area (Å²) >= 11 is 1.46. The molecule has 1 aliphatic rings. The van der Waals surface area contributed by atoms with E-state index in [1.165, 1.54) is 31.0 Å². The lowest BCUT2D eigenvalue weighted by molar-refractivity contribution is 0.572. The van der Waals surface area contributed by atoms with Crippen molar-refractivity contribution in [1.82, 2.24) is 9.97 Å². The molecule has 0 aliphatic carbocycles. The third-order valence-electron chi connectivity index (χ3n) is 2.59. The van der Waals surface area contributed by atoms with Crippen LogP contribution in [-0.4, -0.2) is 28.8 Å². The van der Waals surface area contributed by atoms with Crippen molar-refractivity contribution in [3.8, 4) is 6.07 Å². The number of piperidine rings is 1. The molecule has 0 bridgehead atoms. The molecule has 0 radical (unpaired) electrons. The summed E-state index contributed by atoms with van der Waals surface area (Å²) in [6.07, 6.45) is 5.39. The predicted molar refractivity (Wildman–Crippen MR) is 64.4 cm³/mol. The molecule has 0 unspecified atom stereocenters. The highest BCUT2D eigenvalue weighted by atomic mass is 32.2. The molecule has 84 valence electrons. The van der Waals surface area contributed by atoms with E-state index < -0.39 is 0 Å². The van der Waals surface area contributed by atoms with Crippen LogP contribution in [0.15, 0.2) is 17.4 Å². The molecule has 0 amide bonds. The highest BCUT2D eigenvalue weighted by molar-refractivity contribution is 7.99. The Kier molecular flexibility index (Phi) is 4.00. The molecule has 2 heterocycles. The van der Waals surface area contributed by atoms with Gasteiger partial charge < -0.3 is 4.90 Å². The number of hydrogen-bond donors (Lipinski definition) is 0. The fourth-order valence-electron chi connectivity index (χ4n) is 1.81. The molecule has 2 rings (SSSR count). The summed E-state index contributed by atoms with van der Waals surface area (Å²) in [6.45, 7) is 2.17. The summed E-state index contributed by atoms with van der Waals surface area (Å²) in [5.74, 6) is 1.44. The Hall–Kier alpha value is -1.28. The van der Waals surface area contributed by atoms with Crippen LogP contribution in [-0.2, 0) is 0 Å². The van der Waals surface area contributed by atoms with Crippen molar-refractivity contribution in [2.75, 3.05) is 23.7 Å². The summed E-state index contributed by atoms with van der Waals surface area (Å²) in [5.41, 5.74) is 0. The first-order valence-corrected chi connectivity index (χ1v) is 6.45. The van der Waals surface area contributed by atoms with Gasteiger partial charge in [-0.2, -0.15) is 5.26 Å². The Morgan fingerprint density at radius 3 is 2.88 bits per heavy atom. The highest BCUT2D eigenvalue weighted by Crippen LogP contribution is 2.21. The van der Waals surface area contributed by atoms with Crippen LogP contribution in [0.1, 0.15) is 19.3 Å². The molecular formula is C11H14N4S. The predicted octanol–water partition coefficient (Wildman–Crippen LogP) is 2.08. The van der Waals surface area contributed by atoms with E-state index in [1.807, 2.05) is 6.07 Å². The van der Waals surface area contributed by atoms with Crippen molar-refractivity contribution in [2.24, 2.45) is 0 Å². The second-order valence-electron chi connectivity index (χ2n) is 3.71. The molecule has 1 aromatic heterocycles. The number of nitrogens with zero attached hydrogens (tertiary/aromatic N) is 4. The summed E-state index contributed by atoms with van der Waals surface area (Å²) in [5, 5.41) is 9.41. The maximum absolute atomic E-state index is 8.52. The first-order chi connectivity index (χ1) is 7.90. The molecule has 1 aromatic rings. The van der Waals surface area contributed by atoms with Gasteiger partial charge in [0, 0.05) is 19.2 Å². The lowest BCUT2D eigenvalue weighted by atomic mass is 10.1. The Morgan fingerprint density at radius 2 is 2.12 bits per heavy atom. The first-order valence-electron chi connectivity index (χ1n) is 5.47. The lowest BCUT2D eigenvalue weighted by Gasteiger charge is -2.27. The first kappa shape index (κ1) is 11.2. The van der Waals surface area contributed by atoms with Gasteiger partial charge in [0.15, 0.2) is 0 Å². The van der Waals surface area contributed by atoms with E-state index in [1.54, 1.807) is 6.33 Å². The summed E-state index contributed by atoms with van der Waals surface area (Å²) in [4.78, 5) is 10.7. The van der Waals surface area contributed by atoms with Gasteiger partial charge in [0.2, 0.25) is 0 Å². The minimum absolute atomic E-state index is 0.441. The van der Waals surface area contributed by atoms with E-state index in [0.29, 0.717) is 5.75 Å². The van der Waals surface area contributed by atoms with Crippen molar-refractivity contribution in [3.05, 3.63) is 12.4 Å². The third-order valence-corrected chi connectivity index (χ3v) is 3.38. The van der Waals surface area contributed by atoms with Gasteiger partial charge >= 0.3 is 0 Å². The molecule has 0 spiro atoms. The van der Waals surface area contributed by atoms with Crippen LogP contribution in [0.4, 0.5) is 5.82 Å². The van der Waals surface area contributed by atoms with Gasteiger partial charge in [-0.05, 0) is 19.3 Å². The number of aromatic nitrogens is 2. The van der Waals surface area contributed by atoms with Crippen molar-refractivity contribution in [3.63, 3.8) is 0 Å². The van der Waals surface area contributed by atoms with Crippen molar-refractivity contribution >= 4 is 17.6 Å². The third kappa shape index (κ3) is 2.86. The van der Waals surface area contributed by atoms with Crippen molar-refractivity contribution in [2.45, 2.75) is 24.3 Å². The van der Waals surface area contributed by atoms with Gasteiger partial charge in [-0.15, -0.1) is 0 Å². The monoisotopic (exact) mass is 234 g/mol. The van der Waals surface area contributed by atoms with E-state index in [0.717, 1.165) is 23.9 Å². The van der Waals surface area contributed by atoms with Crippen LogP contribution < -0.4 is 4.90 Å². The number of rotatable bonds is 3. The van der Waals surface area contributed by atoms with Gasteiger partial charge in [-0.1, -0.05) is 11.8 Å². The summed E-state index contributed by atoms with van der Waals surface area (Å²) in [6, 6.07) is 4.08. The van der Waals surface area contributed by atoms with Crippen molar-refractivity contribution in [1.29, 1.82) is 5.26 Å². The van der Waals surface area contributed by atoms with E-state index in [9.17, 15) is 0 Å². The largest absolute Gasteiger partial charge is 0.356 e. The second-order valence-corrected chi connectivity index (χ2v) is 4.70. The number of hydrogen-bond acceptors (Lipinski definition) is 5. The molecule has 0 atom stereocenters. The highest BCUT2D eigenvalue weighted by Gasteiger charge is 2.12. The molecule has 1 aliphatic heterocycles. The normalized spacial score (nSPS) is 15.8. The zero-order valence-electron chi connectivity index (χ0n) is 9.09. The fourth-order valence-corrected chi connectivity index (χ4v) is 2.33. The topological polar surface area (TPSA) is 52.8 Å². The van der Waals surface area contributed by atoms with Gasteiger partial charge in [0.1, 0.15) is 17.2 Å².